The molecule has 4 saturated heterocycles. The zero-order chi connectivity index (χ0) is 26.5. The Morgan fingerprint density at radius 3 is 1.25 bits per heavy atom. The lowest BCUT2D eigenvalue weighted by atomic mass is 9.83. The lowest BCUT2D eigenvalue weighted by molar-refractivity contribution is -0.0617. The maximum absolute atomic E-state index is 2.79. The van der Waals surface area contributed by atoms with Crippen LogP contribution in [0.5, 0.6) is 0 Å². The summed E-state index contributed by atoms with van der Waals surface area (Å²) in [5, 5.41) is 0. The molecule has 0 unspecified atom stereocenters. The maximum Gasteiger partial charge on any atom is 0.0351 e. The zero-order valence-corrected chi connectivity index (χ0v) is 25.7. The van der Waals surface area contributed by atoms with Gasteiger partial charge in [0.25, 0.3) is 0 Å². The van der Waals surface area contributed by atoms with Crippen LogP contribution in [0.3, 0.4) is 0 Å². The molecule has 6 nitrogen and oxygen atoms in total. The Labute approximate surface area is 224 Å². The Bertz CT molecular complexity index is 707. The fourth-order valence-electron chi connectivity index (χ4n) is 7.47. The molecule has 4 aliphatic rings. The monoisotopic (exact) mass is 504 g/mol. The molecule has 0 aromatic carbocycles. The van der Waals surface area contributed by atoms with Crippen molar-refractivity contribution in [3.05, 3.63) is 0 Å². The summed E-state index contributed by atoms with van der Waals surface area (Å²) in [7, 11) is 0. The van der Waals surface area contributed by atoms with E-state index in [1.165, 1.54) is 91.5 Å². The van der Waals surface area contributed by atoms with E-state index in [1.54, 1.807) is 0 Å². The van der Waals surface area contributed by atoms with E-state index in [0.717, 1.165) is 12.1 Å². The first-order chi connectivity index (χ1) is 16.5. The molecule has 4 rings (SSSR count). The topological polar surface area (TPSA) is 19.4 Å². The highest BCUT2D eigenvalue weighted by Gasteiger charge is 2.43. The van der Waals surface area contributed by atoms with Crippen molar-refractivity contribution >= 4 is 0 Å². The normalized spacial score (nSPS) is 26.8. The highest BCUT2D eigenvalue weighted by molar-refractivity contribution is 5.00. The van der Waals surface area contributed by atoms with Gasteiger partial charge in [-0.15, -0.1) is 0 Å². The molecule has 4 heterocycles. The smallest absolute Gasteiger partial charge is 0.0351 e. The predicted octanol–water partition coefficient (Wildman–Crippen LogP) is 3.38. The minimum atomic E-state index is 0.241. The standard InChI is InChI=1S/C30H60N6/c1-27(2,3)24-31-19-25(20-31)32-11-15-34(16-12-32)29(7,8)23-30(9,10)35-17-13-33(14-18-35)26-21-36(22-26)28(4,5)6/h25-26H,11-24H2,1-10H3. The third-order valence-corrected chi connectivity index (χ3v) is 9.69. The first-order valence-electron chi connectivity index (χ1n) is 15.0. The lowest BCUT2D eigenvalue weighted by Crippen LogP contribution is -2.68. The minimum Gasteiger partial charge on any atom is -0.300 e. The van der Waals surface area contributed by atoms with Crippen LogP contribution >= 0.6 is 0 Å². The van der Waals surface area contributed by atoms with Gasteiger partial charge in [-0.2, -0.15) is 0 Å². The number of hydrogen-bond donors (Lipinski definition) is 0. The van der Waals surface area contributed by atoms with Crippen LogP contribution < -0.4 is 0 Å². The second-order valence-corrected chi connectivity index (χ2v) is 16.0. The van der Waals surface area contributed by atoms with Crippen molar-refractivity contribution in [1.29, 1.82) is 0 Å². The Balaban J connectivity index is 1.19. The molecule has 0 spiro atoms. The van der Waals surface area contributed by atoms with Crippen molar-refractivity contribution < 1.29 is 0 Å². The SMILES string of the molecule is CC(C)(C)CN1CC(N2CCN(C(C)(C)CC(C)(C)N3CCN(C4CN(C(C)(C)C)C4)CC3)CC2)C1. The van der Waals surface area contributed by atoms with Crippen molar-refractivity contribution in [3.63, 3.8) is 0 Å². The lowest BCUT2D eigenvalue weighted by Gasteiger charge is -2.55. The molecule has 0 amide bonds. The van der Waals surface area contributed by atoms with Crippen LogP contribution in [-0.4, -0.2) is 143 Å². The zero-order valence-electron chi connectivity index (χ0n) is 25.7. The van der Waals surface area contributed by atoms with Crippen molar-refractivity contribution in [3.8, 4) is 0 Å². The van der Waals surface area contributed by atoms with Gasteiger partial charge < -0.3 is 0 Å². The Hall–Kier alpha value is -0.240. The molecule has 4 fully saturated rings. The van der Waals surface area contributed by atoms with Gasteiger partial charge in [-0.1, -0.05) is 20.8 Å². The number of piperazine rings is 2. The van der Waals surface area contributed by atoms with Crippen LogP contribution in [0.2, 0.25) is 0 Å². The molecule has 0 aliphatic carbocycles. The van der Waals surface area contributed by atoms with Gasteiger partial charge in [-0.3, -0.25) is 29.4 Å². The van der Waals surface area contributed by atoms with Crippen LogP contribution in [0.1, 0.15) is 75.7 Å². The minimum absolute atomic E-state index is 0.241. The fourth-order valence-corrected chi connectivity index (χ4v) is 7.47. The summed E-state index contributed by atoms with van der Waals surface area (Å²) in [5.74, 6) is 0. The molecule has 0 radical (unpaired) electrons. The van der Waals surface area contributed by atoms with Crippen molar-refractivity contribution in [2.24, 2.45) is 5.41 Å². The van der Waals surface area contributed by atoms with Crippen molar-refractivity contribution in [2.75, 3.05) is 85.1 Å². The third-order valence-electron chi connectivity index (χ3n) is 9.69. The molecule has 0 N–H and O–H groups in total. The molecule has 0 aromatic heterocycles. The summed E-state index contributed by atoms with van der Waals surface area (Å²) in [5.41, 5.74) is 1.22. The fraction of sp³-hybridized carbons (Fsp3) is 1.00. The average molecular weight is 505 g/mol. The van der Waals surface area contributed by atoms with E-state index in [4.69, 9.17) is 0 Å². The summed E-state index contributed by atoms with van der Waals surface area (Å²) >= 11 is 0. The van der Waals surface area contributed by atoms with Crippen LogP contribution in [0.15, 0.2) is 0 Å². The first-order valence-corrected chi connectivity index (χ1v) is 15.0. The van der Waals surface area contributed by atoms with E-state index in [2.05, 4.69) is 98.6 Å². The highest BCUT2D eigenvalue weighted by Crippen LogP contribution is 2.33. The molecule has 4 aliphatic heterocycles. The van der Waals surface area contributed by atoms with E-state index in [-0.39, 0.29) is 11.1 Å². The number of rotatable bonds is 7. The Kier molecular flexibility index (Phi) is 8.30. The van der Waals surface area contributed by atoms with Gasteiger partial charge >= 0.3 is 0 Å². The second kappa shape index (κ2) is 10.4. The van der Waals surface area contributed by atoms with E-state index in [9.17, 15) is 0 Å². The van der Waals surface area contributed by atoms with Crippen molar-refractivity contribution in [2.45, 2.75) is 104 Å². The molecule has 0 saturated carbocycles. The molecular formula is C30H60N6. The molecule has 210 valence electrons. The van der Waals surface area contributed by atoms with Gasteiger partial charge in [0.05, 0.1) is 0 Å². The van der Waals surface area contributed by atoms with Crippen LogP contribution in [0, 0.1) is 5.41 Å². The van der Waals surface area contributed by atoms with Gasteiger partial charge in [0.2, 0.25) is 0 Å². The van der Waals surface area contributed by atoms with E-state index >= 15 is 0 Å². The number of likely N-dealkylation sites (tertiary alicyclic amines) is 2. The molecule has 0 atom stereocenters. The first kappa shape index (κ1) is 28.8. The maximum atomic E-state index is 2.79. The number of nitrogens with zero attached hydrogens (tertiary/aromatic N) is 6. The molecule has 0 bridgehead atoms. The highest BCUT2D eigenvalue weighted by atomic mass is 15.4. The summed E-state index contributed by atoms with van der Waals surface area (Å²) < 4.78 is 0. The van der Waals surface area contributed by atoms with Gasteiger partial charge in [-0.05, 0) is 60.3 Å². The molecule has 6 heteroatoms. The largest absolute Gasteiger partial charge is 0.300 e. The summed E-state index contributed by atoms with van der Waals surface area (Å²) in [6.45, 7) is 40.2. The molecule has 0 aromatic rings. The Morgan fingerprint density at radius 2 is 0.889 bits per heavy atom. The quantitative estimate of drug-likeness (QED) is 0.526. The van der Waals surface area contributed by atoms with Gasteiger partial charge in [0.15, 0.2) is 0 Å². The van der Waals surface area contributed by atoms with Crippen LogP contribution in [0.4, 0.5) is 0 Å². The van der Waals surface area contributed by atoms with E-state index in [1.807, 2.05) is 0 Å². The predicted molar refractivity (Wildman–Crippen MR) is 154 cm³/mol. The summed E-state index contributed by atoms with van der Waals surface area (Å²) in [4.78, 5) is 16.4. The third kappa shape index (κ3) is 6.84. The van der Waals surface area contributed by atoms with Gasteiger partial charge in [0.1, 0.15) is 0 Å². The summed E-state index contributed by atoms with van der Waals surface area (Å²) in [6.07, 6.45) is 1.24. The summed E-state index contributed by atoms with van der Waals surface area (Å²) in [6, 6.07) is 1.56. The average Bonchev–Trinajstić information content (AvgIpc) is 2.67. The number of hydrogen-bond acceptors (Lipinski definition) is 6. The van der Waals surface area contributed by atoms with Gasteiger partial charge in [-0.25, -0.2) is 0 Å². The van der Waals surface area contributed by atoms with E-state index in [0.29, 0.717) is 11.0 Å². The second-order valence-electron chi connectivity index (χ2n) is 16.0. The van der Waals surface area contributed by atoms with Crippen LogP contribution in [-0.2, 0) is 0 Å². The van der Waals surface area contributed by atoms with Gasteiger partial charge in [0, 0.05) is 114 Å². The molecular weight excluding hydrogens is 444 g/mol. The molecule has 36 heavy (non-hydrogen) atoms. The van der Waals surface area contributed by atoms with Crippen LogP contribution in [0.25, 0.3) is 0 Å². The Morgan fingerprint density at radius 1 is 0.500 bits per heavy atom. The van der Waals surface area contributed by atoms with E-state index < -0.39 is 0 Å². The van der Waals surface area contributed by atoms with Crippen molar-refractivity contribution in [1.82, 2.24) is 29.4 Å².